The molecule has 2 unspecified atom stereocenters. The molecule has 1 aliphatic rings. The summed E-state index contributed by atoms with van der Waals surface area (Å²) >= 11 is 12.4. The average Bonchev–Trinajstić information content (AvgIpc) is 2.65. The van der Waals surface area contributed by atoms with Crippen molar-refractivity contribution in [2.24, 2.45) is 5.73 Å². The van der Waals surface area contributed by atoms with Gasteiger partial charge in [0.05, 0.1) is 16.1 Å². The number of hydrogen-bond acceptors (Lipinski definition) is 2. The van der Waals surface area contributed by atoms with E-state index in [9.17, 15) is 0 Å². The zero-order chi connectivity index (χ0) is 12.4. The van der Waals surface area contributed by atoms with E-state index in [1.54, 1.807) is 0 Å². The minimum Gasteiger partial charge on any atom is -0.326 e. The van der Waals surface area contributed by atoms with Crippen LogP contribution in [0.3, 0.4) is 0 Å². The molecule has 1 saturated heterocycles. The topological polar surface area (TPSA) is 29.3 Å². The van der Waals surface area contributed by atoms with Crippen molar-refractivity contribution in [3.05, 3.63) is 33.8 Å². The summed E-state index contributed by atoms with van der Waals surface area (Å²) in [6.45, 7) is 4.28. The summed E-state index contributed by atoms with van der Waals surface area (Å²) < 4.78 is 0. The number of likely N-dealkylation sites (tertiary alicyclic amines) is 1. The molecule has 0 aliphatic carbocycles. The van der Waals surface area contributed by atoms with Gasteiger partial charge in [-0.05, 0) is 31.0 Å². The highest BCUT2D eigenvalue weighted by Gasteiger charge is 2.33. The molecule has 94 valence electrons. The number of benzene rings is 1. The molecule has 1 heterocycles. The van der Waals surface area contributed by atoms with Crippen molar-refractivity contribution in [3.8, 4) is 0 Å². The van der Waals surface area contributed by atoms with Crippen LogP contribution in [0.4, 0.5) is 0 Å². The van der Waals surface area contributed by atoms with Gasteiger partial charge >= 0.3 is 0 Å². The number of hydrogen-bond donors (Lipinski definition) is 1. The fourth-order valence-corrected chi connectivity index (χ4v) is 3.02. The smallest absolute Gasteiger partial charge is 0.0640 e. The molecule has 2 rings (SSSR count). The van der Waals surface area contributed by atoms with Crippen LogP contribution >= 0.6 is 23.2 Å². The lowest BCUT2D eigenvalue weighted by Gasteiger charge is -2.27. The Kier molecular flexibility index (Phi) is 4.31. The van der Waals surface area contributed by atoms with Gasteiger partial charge in [-0.25, -0.2) is 0 Å². The monoisotopic (exact) mass is 272 g/mol. The van der Waals surface area contributed by atoms with Crippen molar-refractivity contribution < 1.29 is 0 Å². The highest BCUT2D eigenvalue weighted by molar-refractivity contribution is 6.42. The van der Waals surface area contributed by atoms with E-state index in [0.717, 1.165) is 31.5 Å². The first kappa shape index (κ1) is 13.2. The molecule has 4 heteroatoms. The van der Waals surface area contributed by atoms with Crippen LogP contribution in [0.15, 0.2) is 18.2 Å². The van der Waals surface area contributed by atoms with E-state index in [0.29, 0.717) is 10.0 Å². The van der Waals surface area contributed by atoms with Gasteiger partial charge in [-0.2, -0.15) is 0 Å². The molecule has 2 nitrogen and oxygen atoms in total. The maximum absolute atomic E-state index is 6.29. The molecule has 2 N–H and O–H groups in total. The molecular formula is C13H18Cl2N2. The lowest BCUT2D eigenvalue weighted by molar-refractivity contribution is 0.248. The summed E-state index contributed by atoms with van der Waals surface area (Å²) in [6.07, 6.45) is 2.15. The van der Waals surface area contributed by atoms with Crippen molar-refractivity contribution in [1.29, 1.82) is 0 Å². The number of rotatable bonds is 3. The van der Waals surface area contributed by atoms with Gasteiger partial charge in [0.1, 0.15) is 0 Å². The van der Waals surface area contributed by atoms with Gasteiger partial charge in [-0.3, -0.25) is 4.90 Å². The highest BCUT2D eigenvalue weighted by atomic mass is 35.5. The summed E-state index contributed by atoms with van der Waals surface area (Å²) in [5.41, 5.74) is 7.27. The normalized spacial score (nSPS) is 25.4. The Bertz CT molecular complexity index is 393. The Balaban J connectivity index is 2.33. The summed E-state index contributed by atoms with van der Waals surface area (Å²) in [5.74, 6) is 0. The fraction of sp³-hybridized carbons (Fsp3) is 0.538. The van der Waals surface area contributed by atoms with E-state index in [1.807, 2.05) is 18.2 Å². The maximum atomic E-state index is 6.29. The third kappa shape index (κ3) is 2.60. The van der Waals surface area contributed by atoms with Gasteiger partial charge in [0.2, 0.25) is 0 Å². The largest absolute Gasteiger partial charge is 0.326 e. The van der Waals surface area contributed by atoms with Crippen LogP contribution in [0.2, 0.25) is 10.0 Å². The van der Waals surface area contributed by atoms with Crippen LogP contribution < -0.4 is 5.73 Å². The van der Waals surface area contributed by atoms with Crippen LogP contribution in [0.5, 0.6) is 0 Å². The first-order valence-corrected chi connectivity index (χ1v) is 6.84. The van der Waals surface area contributed by atoms with Crippen molar-refractivity contribution in [2.75, 3.05) is 13.1 Å². The first-order valence-electron chi connectivity index (χ1n) is 6.08. The molecule has 0 spiro atoms. The second kappa shape index (κ2) is 5.57. The average molecular weight is 273 g/mol. The summed E-state index contributed by atoms with van der Waals surface area (Å²) in [4.78, 5) is 2.40. The van der Waals surface area contributed by atoms with Gasteiger partial charge in [-0.1, -0.05) is 42.3 Å². The third-order valence-electron chi connectivity index (χ3n) is 3.36. The minimum absolute atomic E-state index is 0.150. The van der Waals surface area contributed by atoms with E-state index in [1.165, 1.54) is 0 Å². The Morgan fingerprint density at radius 1 is 1.41 bits per heavy atom. The van der Waals surface area contributed by atoms with E-state index in [2.05, 4.69) is 11.8 Å². The summed E-state index contributed by atoms with van der Waals surface area (Å²) in [6, 6.07) is 6.15. The third-order valence-corrected chi connectivity index (χ3v) is 4.19. The van der Waals surface area contributed by atoms with Crippen molar-refractivity contribution in [3.63, 3.8) is 0 Å². The van der Waals surface area contributed by atoms with Crippen LogP contribution in [-0.2, 0) is 0 Å². The molecule has 0 bridgehead atoms. The van der Waals surface area contributed by atoms with Gasteiger partial charge in [-0.15, -0.1) is 0 Å². The standard InChI is InChI=1S/C13H18Cl2N2/c1-2-7-17-8-6-11(16)13(17)9-4-3-5-10(14)12(9)15/h3-5,11,13H,2,6-8,16H2,1H3. The first-order chi connectivity index (χ1) is 8.15. The second-order valence-electron chi connectivity index (χ2n) is 4.58. The van der Waals surface area contributed by atoms with E-state index >= 15 is 0 Å². The fourth-order valence-electron chi connectivity index (χ4n) is 2.60. The molecule has 0 radical (unpaired) electrons. The minimum atomic E-state index is 0.150. The molecule has 1 aromatic rings. The lowest BCUT2D eigenvalue weighted by Crippen LogP contribution is -2.32. The molecule has 1 aliphatic heterocycles. The van der Waals surface area contributed by atoms with E-state index < -0.39 is 0 Å². The molecule has 17 heavy (non-hydrogen) atoms. The number of halogens is 2. The second-order valence-corrected chi connectivity index (χ2v) is 5.36. The van der Waals surface area contributed by atoms with Gasteiger partial charge in [0, 0.05) is 12.6 Å². The van der Waals surface area contributed by atoms with Crippen molar-refractivity contribution in [2.45, 2.75) is 31.8 Å². The maximum Gasteiger partial charge on any atom is 0.0640 e. The Labute approximate surface area is 113 Å². The van der Waals surface area contributed by atoms with Gasteiger partial charge < -0.3 is 5.73 Å². The Morgan fingerprint density at radius 2 is 2.18 bits per heavy atom. The number of nitrogens with zero attached hydrogens (tertiary/aromatic N) is 1. The Hall–Kier alpha value is -0.280. The van der Waals surface area contributed by atoms with Crippen LogP contribution in [0.25, 0.3) is 0 Å². The van der Waals surface area contributed by atoms with E-state index in [-0.39, 0.29) is 12.1 Å². The van der Waals surface area contributed by atoms with Crippen LogP contribution in [0, 0.1) is 0 Å². The number of nitrogens with two attached hydrogens (primary N) is 1. The van der Waals surface area contributed by atoms with Crippen LogP contribution in [0.1, 0.15) is 31.4 Å². The molecule has 2 atom stereocenters. The zero-order valence-corrected chi connectivity index (χ0v) is 11.5. The van der Waals surface area contributed by atoms with Gasteiger partial charge in [0.15, 0.2) is 0 Å². The highest BCUT2D eigenvalue weighted by Crippen LogP contribution is 2.37. The molecule has 0 aromatic heterocycles. The van der Waals surface area contributed by atoms with Crippen molar-refractivity contribution in [1.82, 2.24) is 4.90 Å². The lowest BCUT2D eigenvalue weighted by atomic mass is 10.0. The molecule has 1 aromatic carbocycles. The van der Waals surface area contributed by atoms with E-state index in [4.69, 9.17) is 28.9 Å². The molecule has 0 amide bonds. The molecular weight excluding hydrogens is 255 g/mol. The van der Waals surface area contributed by atoms with Gasteiger partial charge in [0.25, 0.3) is 0 Å². The summed E-state index contributed by atoms with van der Waals surface area (Å²) in [7, 11) is 0. The summed E-state index contributed by atoms with van der Waals surface area (Å²) in [5, 5.41) is 1.26. The predicted molar refractivity (Wildman–Crippen MR) is 73.7 cm³/mol. The van der Waals surface area contributed by atoms with Crippen LogP contribution in [-0.4, -0.2) is 24.0 Å². The molecule has 0 saturated carbocycles. The zero-order valence-electron chi connectivity index (χ0n) is 10.00. The quantitative estimate of drug-likeness (QED) is 0.913. The SMILES string of the molecule is CCCN1CCC(N)C1c1cccc(Cl)c1Cl. The van der Waals surface area contributed by atoms with Crippen molar-refractivity contribution >= 4 is 23.2 Å². The Morgan fingerprint density at radius 3 is 2.88 bits per heavy atom. The predicted octanol–water partition coefficient (Wildman–Crippen LogP) is 3.48. The molecule has 1 fully saturated rings.